The molecular weight excluding hydrogens is 246 g/mol. The summed E-state index contributed by atoms with van der Waals surface area (Å²) in [4.78, 5) is 12.5. The van der Waals surface area contributed by atoms with Gasteiger partial charge in [0.05, 0.1) is 11.0 Å². The molecule has 18 heavy (non-hydrogen) atoms. The van der Waals surface area contributed by atoms with Crippen LogP contribution in [0.25, 0.3) is 0 Å². The molecule has 3 heteroatoms. The predicted octanol–water partition coefficient (Wildman–Crippen LogP) is 3.76. The summed E-state index contributed by atoms with van der Waals surface area (Å²) in [5.74, 6) is 0.118. The van der Waals surface area contributed by atoms with E-state index in [0.717, 1.165) is 18.4 Å². The number of hydrogen-bond acceptors (Lipinski definition) is 1. The Morgan fingerprint density at radius 1 is 1.17 bits per heavy atom. The molecule has 0 saturated carbocycles. The quantitative estimate of drug-likeness (QED) is 0.867. The SMILES string of the molecule is CCC1(CC)C(=O)NC(C)(C)c2ccc(Cl)cc21. The van der Waals surface area contributed by atoms with Crippen molar-refractivity contribution in [2.75, 3.05) is 0 Å². The molecule has 1 aromatic carbocycles. The molecule has 0 radical (unpaired) electrons. The van der Waals surface area contributed by atoms with Crippen molar-refractivity contribution in [1.82, 2.24) is 5.32 Å². The Labute approximate surface area is 114 Å². The fourth-order valence-corrected chi connectivity index (χ4v) is 3.17. The van der Waals surface area contributed by atoms with Crippen LogP contribution in [0.15, 0.2) is 18.2 Å². The van der Waals surface area contributed by atoms with Crippen molar-refractivity contribution in [3.63, 3.8) is 0 Å². The lowest BCUT2D eigenvalue weighted by Gasteiger charge is -2.44. The van der Waals surface area contributed by atoms with Crippen LogP contribution < -0.4 is 5.32 Å². The van der Waals surface area contributed by atoms with Crippen LogP contribution in [-0.4, -0.2) is 5.91 Å². The van der Waals surface area contributed by atoms with Gasteiger partial charge in [-0.2, -0.15) is 0 Å². The Balaban J connectivity index is 2.75. The Morgan fingerprint density at radius 3 is 2.33 bits per heavy atom. The molecule has 0 bridgehead atoms. The topological polar surface area (TPSA) is 29.1 Å². The number of fused-ring (bicyclic) bond motifs is 1. The first-order valence-corrected chi connectivity index (χ1v) is 6.88. The van der Waals surface area contributed by atoms with Gasteiger partial charge in [0.2, 0.25) is 5.91 Å². The van der Waals surface area contributed by atoms with Crippen molar-refractivity contribution < 1.29 is 4.79 Å². The standard InChI is InChI=1S/C15H20ClNO/c1-5-15(6-2)12-9-10(16)7-8-11(12)14(3,4)17-13(15)18/h7-9H,5-6H2,1-4H3,(H,17,18). The van der Waals surface area contributed by atoms with Crippen LogP contribution in [-0.2, 0) is 15.7 Å². The zero-order valence-electron chi connectivity index (χ0n) is 11.4. The van der Waals surface area contributed by atoms with E-state index in [1.54, 1.807) is 0 Å². The van der Waals surface area contributed by atoms with Gasteiger partial charge >= 0.3 is 0 Å². The summed E-state index contributed by atoms with van der Waals surface area (Å²) >= 11 is 6.13. The Bertz CT molecular complexity index is 489. The summed E-state index contributed by atoms with van der Waals surface area (Å²) < 4.78 is 0. The number of halogens is 1. The number of carbonyl (C=O) groups excluding carboxylic acids is 1. The molecular formula is C15H20ClNO. The van der Waals surface area contributed by atoms with Gasteiger partial charge in [-0.25, -0.2) is 0 Å². The van der Waals surface area contributed by atoms with Crippen molar-refractivity contribution in [3.05, 3.63) is 34.3 Å². The molecule has 2 nitrogen and oxygen atoms in total. The van der Waals surface area contributed by atoms with Crippen LogP contribution in [0.4, 0.5) is 0 Å². The monoisotopic (exact) mass is 265 g/mol. The molecule has 0 saturated heterocycles. The molecule has 0 fully saturated rings. The third-order valence-electron chi connectivity index (χ3n) is 4.24. The van der Waals surface area contributed by atoms with Gasteiger partial charge in [0.25, 0.3) is 0 Å². The number of hydrogen-bond donors (Lipinski definition) is 1. The zero-order valence-corrected chi connectivity index (χ0v) is 12.2. The van der Waals surface area contributed by atoms with Crippen LogP contribution in [0, 0.1) is 0 Å². The van der Waals surface area contributed by atoms with Gasteiger partial charge in [-0.1, -0.05) is 31.5 Å². The maximum atomic E-state index is 12.5. The summed E-state index contributed by atoms with van der Waals surface area (Å²) in [6, 6.07) is 5.90. The van der Waals surface area contributed by atoms with E-state index in [-0.39, 0.29) is 11.4 Å². The average molecular weight is 266 g/mol. The minimum Gasteiger partial charge on any atom is -0.346 e. The van der Waals surface area contributed by atoms with E-state index in [2.05, 4.69) is 19.2 Å². The molecule has 1 N–H and O–H groups in total. The molecule has 0 aromatic heterocycles. The molecule has 1 heterocycles. The molecule has 1 aliphatic heterocycles. The number of nitrogens with one attached hydrogen (secondary N) is 1. The Hall–Kier alpha value is -1.02. The number of benzene rings is 1. The highest BCUT2D eigenvalue weighted by Gasteiger charge is 2.46. The molecule has 2 rings (SSSR count). The average Bonchev–Trinajstić information content (AvgIpc) is 2.29. The van der Waals surface area contributed by atoms with Gasteiger partial charge in [-0.05, 0) is 49.9 Å². The molecule has 0 atom stereocenters. The fourth-order valence-electron chi connectivity index (χ4n) is 3.00. The summed E-state index contributed by atoms with van der Waals surface area (Å²) in [7, 11) is 0. The highest BCUT2D eigenvalue weighted by atomic mass is 35.5. The van der Waals surface area contributed by atoms with E-state index < -0.39 is 5.41 Å². The van der Waals surface area contributed by atoms with Crippen LogP contribution >= 0.6 is 11.6 Å². The van der Waals surface area contributed by atoms with Gasteiger partial charge in [0.15, 0.2) is 0 Å². The van der Waals surface area contributed by atoms with Crippen molar-refractivity contribution in [2.24, 2.45) is 0 Å². The lowest BCUT2D eigenvalue weighted by molar-refractivity contribution is -0.130. The van der Waals surface area contributed by atoms with Gasteiger partial charge in [-0.15, -0.1) is 0 Å². The number of rotatable bonds is 2. The van der Waals surface area contributed by atoms with E-state index in [0.29, 0.717) is 5.02 Å². The van der Waals surface area contributed by atoms with Crippen LogP contribution in [0.3, 0.4) is 0 Å². The molecule has 1 aliphatic rings. The largest absolute Gasteiger partial charge is 0.346 e. The third-order valence-corrected chi connectivity index (χ3v) is 4.47. The maximum absolute atomic E-state index is 12.5. The van der Waals surface area contributed by atoms with Gasteiger partial charge in [-0.3, -0.25) is 4.79 Å². The minimum atomic E-state index is -0.435. The van der Waals surface area contributed by atoms with Crippen molar-refractivity contribution in [3.8, 4) is 0 Å². The summed E-state index contributed by atoms with van der Waals surface area (Å²) in [6.07, 6.45) is 1.58. The lowest BCUT2D eigenvalue weighted by Crippen LogP contribution is -2.56. The second-order valence-electron chi connectivity index (χ2n) is 5.56. The number of carbonyl (C=O) groups is 1. The van der Waals surface area contributed by atoms with E-state index in [1.807, 2.05) is 32.0 Å². The third kappa shape index (κ3) is 1.74. The second-order valence-corrected chi connectivity index (χ2v) is 5.99. The van der Waals surface area contributed by atoms with E-state index in [9.17, 15) is 4.79 Å². The molecule has 0 aliphatic carbocycles. The normalized spacial score (nSPS) is 20.2. The fraction of sp³-hybridized carbons (Fsp3) is 0.533. The lowest BCUT2D eigenvalue weighted by atomic mass is 9.67. The first kappa shape index (κ1) is 13.4. The van der Waals surface area contributed by atoms with E-state index >= 15 is 0 Å². The highest BCUT2D eigenvalue weighted by molar-refractivity contribution is 6.30. The Kier molecular flexibility index (Phi) is 3.18. The molecule has 0 spiro atoms. The summed E-state index contributed by atoms with van der Waals surface area (Å²) in [5.41, 5.74) is 1.50. The van der Waals surface area contributed by atoms with Crippen LogP contribution in [0.2, 0.25) is 5.02 Å². The van der Waals surface area contributed by atoms with Gasteiger partial charge < -0.3 is 5.32 Å². The van der Waals surface area contributed by atoms with E-state index in [4.69, 9.17) is 11.6 Å². The smallest absolute Gasteiger partial charge is 0.231 e. The second kappa shape index (κ2) is 4.27. The Morgan fingerprint density at radius 2 is 1.78 bits per heavy atom. The molecule has 1 aromatic rings. The van der Waals surface area contributed by atoms with E-state index in [1.165, 1.54) is 5.56 Å². The predicted molar refractivity (Wildman–Crippen MR) is 74.9 cm³/mol. The van der Waals surface area contributed by atoms with Crippen molar-refractivity contribution in [2.45, 2.75) is 51.5 Å². The molecule has 0 unspecified atom stereocenters. The maximum Gasteiger partial charge on any atom is 0.231 e. The van der Waals surface area contributed by atoms with Crippen LogP contribution in [0.5, 0.6) is 0 Å². The summed E-state index contributed by atoms with van der Waals surface area (Å²) in [6.45, 7) is 8.19. The summed E-state index contributed by atoms with van der Waals surface area (Å²) in [5, 5.41) is 3.84. The van der Waals surface area contributed by atoms with Crippen LogP contribution in [0.1, 0.15) is 51.7 Å². The number of amides is 1. The van der Waals surface area contributed by atoms with Crippen molar-refractivity contribution >= 4 is 17.5 Å². The first-order chi connectivity index (χ1) is 8.37. The zero-order chi connectivity index (χ0) is 13.6. The highest BCUT2D eigenvalue weighted by Crippen LogP contribution is 2.43. The molecule has 1 amide bonds. The first-order valence-electron chi connectivity index (χ1n) is 6.50. The minimum absolute atomic E-state index is 0.118. The molecule has 98 valence electrons. The van der Waals surface area contributed by atoms with Gasteiger partial charge in [0.1, 0.15) is 0 Å². The van der Waals surface area contributed by atoms with Gasteiger partial charge in [0, 0.05) is 5.02 Å². The van der Waals surface area contributed by atoms with Crippen molar-refractivity contribution in [1.29, 1.82) is 0 Å².